The minimum atomic E-state index is -0.700. The normalized spacial score (nSPS) is 10.9. The maximum absolute atomic E-state index is 13.9. The fourth-order valence-corrected chi connectivity index (χ4v) is 3.61. The van der Waals surface area contributed by atoms with Crippen LogP contribution in [-0.2, 0) is 16.1 Å². The van der Waals surface area contributed by atoms with Crippen molar-refractivity contribution < 1.29 is 28.0 Å². The largest absolute Gasteiger partial charge is 0.494 e. The molecule has 2 aromatic carbocycles. The topological polar surface area (TPSA) is 94.8 Å². The lowest BCUT2D eigenvalue weighted by atomic mass is 10.0. The lowest BCUT2D eigenvalue weighted by molar-refractivity contribution is -0.133. The third kappa shape index (κ3) is 5.13. The summed E-state index contributed by atoms with van der Waals surface area (Å²) in [6.07, 6.45) is 0. The van der Waals surface area contributed by atoms with E-state index in [2.05, 4.69) is 10.1 Å². The Kier molecular flexibility index (Phi) is 6.77. The third-order valence-electron chi connectivity index (χ3n) is 5.57. The van der Waals surface area contributed by atoms with E-state index in [4.69, 9.17) is 14.0 Å². The van der Waals surface area contributed by atoms with Crippen molar-refractivity contribution in [3.05, 3.63) is 76.7 Å². The number of pyridine rings is 1. The van der Waals surface area contributed by atoms with Gasteiger partial charge in [0, 0.05) is 19.2 Å². The highest BCUT2D eigenvalue weighted by Crippen LogP contribution is 2.28. The van der Waals surface area contributed by atoms with E-state index in [0.29, 0.717) is 22.3 Å². The standard InChI is InChI=1S/C26H24FN3O5/c1-15-5-8-18(9-6-15)21-12-19(24-16(2)29-35-25(24)28-21)26(32)34-14-23(31)30(3)13-17-7-10-22(33-4)20(27)11-17/h5-12H,13-14H2,1-4H3. The molecule has 0 N–H and O–H groups in total. The van der Waals surface area contributed by atoms with Crippen molar-refractivity contribution in [1.82, 2.24) is 15.0 Å². The van der Waals surface area contributed by atoms with Gasteiger partial charge in [0.1, 0.15) is 0 Å². The molecule has 4 aromatic rings. The molecular formula is C26H24FN3O5. The molecule has 0 saturated heterocycles. The lowest BCUT2D eigenvalue weighted by Gasteiger charge is -2.17. The Morgan fingerprint density at radius 2 is 1.83 bits per heavy atom. The van der Waals surface area contributed by atoms with Gasteiger partial charge in [-0.25, -0.2) is 14.2 Å². The molecule has 0 fully saturated rings. The zero-order valence-corrected chi connectivity index (χ0v) is 19.8. The number of hydrogen-bond acceptors (Lipinski definition) is 7. The van der Waals surface area contributed by atoms with E-state index < -0.39 is 24.3 Å². The minimum absolute atomic E-state index is 0.120. The second kappa shape index (κ2) is 9.92. The number of benzene rings is 2. The molecule has 0 unspecified atom stereocenters. The first kappa shape index (κ1) is 23.9. The van der Waals surface area contributed by atoms with Gasteiger partial charge >= 0.3 is 5.97 Å². The number of fused-ring (bicyclic) bond motifs is 1. The summed E-state index contributed by atoms with van der Waals surface area (Å²) < 4.78 is 29.5. The average molecular weight is 477 g/mol. The van der Waals surface area contributed by atoms with Gasteiger partial charge < -0.3 is 18.9 Å². The summed E-state index contributed by atoms with van der Waals surface area (Å²) in [6.45, 7) is 3.33. The van der Waals surface area contributed by atoms with Gasteiger partial charge in [-0.2, -0.15) is 0 Å². The van der Waals surface area contributed by atoms with E-state index in [0.717, 1.165) is 11.1 Å². The molecule has 0 spiro atoms. The number of hydrogen-bond donors (Lipinski definition) is 0. The molecule has 180 valence electrons. The fourth-order valence-electron chi connectivity index (χ4n) is 3.61. The van der Waals surface area contributed by atoms with Crippen molar-refractivity contribution in [3.63, 3.8) is 0 Å². The predicted octanol–water partition coefficient (Wildman–Crippen LogP) is 4.47. The molecule has 0 bridgehead atoms. The highest BCUT2D eigenvalue weighted by molar-refractivity contribution is 6.04. The third-order valence-corrected chi connectivity index (χ3v) is 5.57. The quantitative estimate of drug-likeness (QED) is 0.363. The van der Waals surface area contributed by atoms with Gasteiger partial charge in [-0.1, -0.05) is 41.1 Å². The van der Waals surface area contributed by atoms with Gasteiger partial charge in [-0.15, -0.1) is 0 Å². The summed E-state index contributed by atoms with van der Waals surface area (Å²) in [6, 6.07) is 13.7. The number of rotatable bonds is 7. The SMILES string of the molecule is COc1ccc(CN(C)C(=O)COC(=O)c2cc(-c3ccc(C)cc3)nc3onc(C)c23)cc1F. The Hall–Kier alpha value is -4.27. The van der Waals surface area contributed by atoms with Crippen LogP contribution in [-0.4, -0.2) is 47.7 Å². The van der Waals surface area contributed by atoms with Gasteiger partial charge in [0.25, 0.3) is 11.6 Å². The second-order valence-electron chi connectivity index (χ2n) is 8.16. The number of methoxy groups -OCH3 is 1. The number of aryl methyl sites for hydroxylation is 2. The van der Waals surface area contributed by atoms with Gasteiger partial charge in [0.05, 0.1) is 29.4 Å². The number of nitrogens with zero attached hydrogens (tertiary/aromatic N) is 3. The lowest BCUT2D eigenvalue weighted by Crippen LogP contribution is -2.31. The first-order valence-corrected chi connectivity index (χ1v) is 10.8. The fraction of sp³-hybridized carbons (Fsp3) is 0.231. The van der Waals surface area contributed by atoms with E-state index >= 15 is 0 Å². The van der Waals surface area contributed by atoms with Gasteiger partial charge in [-0.05, 0) is 37.6 Å². The molecule has 0 radical (unpaired) electrons. The van der Waals surface area contributed by atoms with Crippen LogP contribution in [0.2, 0.25) is 0 Å². The van der Waals surface area contributed by atoms with Crippen molar-refractivity contribution in [1.29, 1.82) is 0 Å². The van der Waals surface area contributed by atoms with E-state index in [-0.39, 0.29) is 23.6 Å². The van der Waals surface area contributed by atoms with E-state index in [9.17, 15) is 14.0 Å². The second-order valence-corrected chi connectivity index (χ2v) is 8.16. The Morgan fingerprint density at radius 1 is 1.09 bits per heavy atom. The highest BCUT2D eigenvalue weighted by atomic mass is 19.1. The van der Waals surface area contributed by atoms with E-state index in [1.807, 2.05) is 31.2 Å². The average Bonchev–Trinajstić information content (AvgIpc) is 3.23. The molecule has 0 atom stereocenters. The van der Waals surface area contributed by atoms with Crippen LogP contribution in [0.1, 0.15) is 27.2 Å². The van der Waals surface area contributed by atoms with Crippen LogP contribution in [0.3, 0.4) is 0 Å². The van der Waals surface area contributed by atoms with Crippen molar-refractivity contribution in [2.45, 2.75) is 20.4 Å². The molecule has 8 nitrogen and oxygen atoms in total. The number of halogens is 1. The van der Waals surface area contributed by atoms with Crippen LogP contribution in [0.15, 0.2) is 53.1 Å². The number of aromatic nitrogens is 2. The number of esters is 1. The molecule has 9 heteroatoms. The number of ether oxygens (including phenoxy) is 2. The summed E-state index contributed by atoms with van der Waals surface area (Å²) in [7, 11) is 2.92. The summed E-state index contributed by atoms with van der Waals surface area (Å²) in [5.74, 6) is -1.54. The molecule has 2 aromatic heterocycles. The molecular weight excluding hydrogens is 453 g/mol. The number of carbonyl (C=O) groups is 2. The summed E-state index contributed by atoms with van der Waals surface area (Å²) >= 11 is 0. The van der Waals surface area contributed by atoms with E-state index in [1.165, 1.54) is 24.1 Å². The van der Waals surface area contributed by atoms with Crippen LogP contribution in [0, 0.1) is 19.7 Å². The van der Waals surface area contributed by atoms with Gasteiger partial charge in [-0.3, -0.25) is 4.79 Å². The summed E-state index contributed by atoms with van der Waals surface area (Å²) in [4.78, 5) is 31.4. The first-order valence-electron chi connectivity index (χ1n) is 10.8. The van der Waals surface area contributed by atoms with Gasteiger partial charge in [0.2, 0.25) is 0 Å². The van der Waals surface area contributed by atoms with E-state index in [1.54, 1.807) is 26.1 Å². The van der Waals surface area contributed by atoms with Crippen molar-refractivity contribution in [3.8, 4) is 17.0 Å². The molecule has 0 aliphatic carbocycles. The first-order chi connectivity index (χ1) is 16.8. The maximum atomic E-state index is 13.9. The molecule has 0 aliphatic heterocycles. The van der Waals surface area contributed by atoms with Crippen molar-refractivity contribution in [2.24, 2.45) is 0 Å². The van der Waals surface area contributed by atoms with Crippen LogP contribution in [0.5, 0.6) is 5.75 Å². The molecule has 2 heterocycles. The highest BCUT2D eigenvalue weighted by Gasteiger charge is 2.22. The number of carbonyl (C=O) groups excluding carboxylic acids is 2. The van der Waals surface area contributed by atoms with Crippen LogP contribution >= 0.6 is 0 Å². The minimum Gasteiger partial charge on any atom is -0.494 e. The molecule has 4 rings (SSSR count). The van der Waals surface area contributed by atoms with Crippen LogP contribution in [0.25, 0.3) is 22.4 Å². The van der Waals surface area contributed by atoms with Crippen LogP contribution in [0.4, 0.5) is 4.39 Å². The Morgan fingerprint density at radius 3 is 2.51 bits per heavy atom. The Bertz CT molecular complexity index is 1400. The number of likely N-dealkylation sites (N-methyl/N-ethyl adjacent to an activating group) is 1. The molecule has 0 saturated carbocycles. The zero-order valence-electron chi connectivity index (χ0n) is 19.8. The van der Waals surface area contributed by atoms with Crippen molar-refractivity contribution in [2.75, 3.05) is 20.8 Å². The monoisotopic (exact) mass is 477 g/mol. The van der Waals surface area contributed by atoms with Crippen molar-refractivity contribution >= 4 is 23.0 Å². The molecule has 1 amide bonds. The zero-order chi connectivity index (χ0) is 25.1. The Balaban J connectivity index is 1.50. The molecule has 0 aliphatic rings. The van der Waals surface area contributed by atoms with Gasteiger partial charge in [0.15, 0.2) is 18.2 Å². The Labute approximate surface area is 201 Å². The summed E-state index contributed by atoms with van der Waals surface area (Å²) in [5.41, 5.74) is 3.87. The number of amides is 1. The summed E-state index contributed by atoms with van der Waals surface area (Å²) in [5, 5.41) is 4.35. The van der Waals surface area contributed by atoms with Crippen LogP contribution < -0.4 is 4.74 Å². The molecule has 35 heavy (non-hydrogen) atoms. The predicted molar refractivity (Wildman–Crippen MR) is 126 cm³/mol. The smallest absolute Gasteiger partial charge is 0.339 e. The maximum Gasteiger partial charge on any atom is 0.339 e.